The first-order valence-corrected chi connectivity index (χ1v) is 12.4. The number of rotatable bonds is 6. The number of hydrogen-bond donors (Lipinski definition) is 2. The molecule has 0 spiro atoms. The molecule has 2 atom stereocenters. The predicted molar refractivity (Wildman–Crippen MR) is 137 cm³/mol. The molecule has 36 heavy (non-hydrogen) atoms. The number of nitrogens with one attached hydrogen (secondary N) is 1. The van der Waals surface area contributed by atoms with Crippen molar-refractivity contribution in [2.24, 2.45) is 0 Å². The molecule has 3 aromatic rings. The van der Waals surface area contributed by atoms with Crippen molar-refractivity contribution in [3.8, 4) is 5.75 Å². The average Bonchev–Trinajstić information content (AvgIpc) is 2.82. The molecule has 4 rings (SSSR count). The fourth-order valence-corrected chi connectivity index (χ4v) is 4.69. The lowest BCUT2D eigenvalue weighted by Gasteiger charge is -2.33. The Balaban J connectivity index is 1.65. The van der Waals surface area contributed by atoms with E-state index in [0.717, 1.165) is 16.8 Å². The Morgan fingerprint density at radius 3 is 2.75 bits per heavy atom. The third-order valence-electron chi connectivity index (χ3n) is 6.27. The molecule has 0 fully saturated rings. The Morgan fingerprint density at radius 2 is 2.06 bits per heavy atom. The van der Waals surface area contributed by atoms with Gasteiger partial charge in [0.1, 0.15) is 28.2 Å². The van der Waals surface area contributed by atoms with Crippen LogP contribution in [-0.4, -0.2) is 24.6 Å². The van der Waals surface area contributed by atoms with E-state index in [2.05, 4.69) is 36.2 Å². The van der Waals surface area contributed by atoms with E-state index >= 15 is 0 Å². The summed E-state index contributed by atoms with van der Waals surface area (Å²) < 4.78 is 21.7. The molecule has 3 aromatic heterocycles. The van der Waals surface area contributed by atoms with Crippen LogP contribution in [0.3, 0.4) is 0 Å². The van der Waals surface area contributed by atoms with Crippen LogP contribution >= 0.6 is 15.9 Å². The normalized spacial score (nSPS) is 17.9. The minimum Gasteiger partial charge on any atom is -0.487 e. The van der Waals surface area contributed by atoms with Crippen LogP contribution in [0.4, 0.5) is 4.39 Å². The van der Waals surface area contributed by atoms with Crippen LogP contribution in [0.2, 0.25) is 0 Å². The van der Waals surface area contributed by atoms with E-state index in [1.54, 1.807) is 30.7 Å². The molecule has 1 aliphatic rings. The van der Waals surface area contributed by atoms with Gasteiger partial charge in [-0.05, 0) is 80.4 Å². The highest BCUT2D eigenvalue weighted by Crippen LogP contribution is 2.35. The highest BCUT2D eigenvalue weighted by molar-refractivity contribution is 9.10. The van der Waals surface area contributed by atoms with E-state index in [1.807, 2.05) is 27.0 Å². The summed E-state index contributed by atoms with van der Waals surface area (Å²) in [4.78, 5) is 26.3. The van der Waals surface area contributed by atoms with E-state index in [4.69, 9.17) is 4.74 Å². The maximum absolute atomic E-state index is 14.0. The van der Waals surface area contributed by atoms with Gasteiger partial charge in [0, 0.05) is 35.9 Å². The average molecular weight is 558 g/mol. The van der Waals surface area contributed by atoms with Gasteiger partial charge in [0.05, 0.1) is 17.8 Å². The quantitative estimate of drug-likeness (QED) is 0.458. The van der Waals surface area contributed by atoms with Crippen LogP contribution in [0.5, 0.6) is 5.75 Å². The van der Waals surface area contributed by atoms with Gasteiger partial charge in [-0.2, -0.15) is 0 Å². The molecular weight excluding hydrogens is 529 g/mol. The van der Waals surface area contributed by atoms with Crippen molar-refractivity contribution in [1.29, 1.82) is 0 Å². The van der Waals surface area contributed by atoms with Crippen LogP contribution in [0.25, 0.3) is 0 Å². The van der Waals surface area contributed by atoms with Crippen LogP contribution in [-0.2, 0) is 12.2 Å². The van der Waals surface area contributed by atoms with Crippen molar-refractivity contribution in [1.82, 2.24) is 24.8 Å². The summed E-state index contributed by atoms with van der Waals surface area (Å²) in [5.74, 6) is 0.265. The standard InChI is InChI=1S/C26H29BrFN5O3/c1-14-10-30-19(23-15(2)11-31-25(32-23)26(4,5)35)9-20(14)33-16(3)8-21(22(27)24(33)34)36-13-17-12-29-7-6-18(17)28/h6-8,10-12,19-20,30,35H,9,13H2,1-5H3/t19-,20-/m1/s1. The van der Waals surface area contributed by atoms with E-state index in [-0.39, 0.29) is 28.7 Å². The number of ether oxygens (including phenoxy) is 1. The number of halogens is 2. The molecule has 0 bridgehead atoms. The lowest BCUT2D eigenvalue weighted by Crippen LogP contribution is -2.35. The zero-order valence-electron chi connectivity index (χ0n) is 20.8. The number of hydrogen-bond acceptors (Lipinski definition) is 7. The van der Waals surface area contributed by atoms with E-state index in [0.29, 0.717) is 29.3 Å². The Kier molecular flexibility index (Phi) is 7.28. The molecule has 4 heterocycles. The molecule has 10 heteroatoms. The fraction of sp³-hybridized carbons (Fsp3) is 0.385. The maximum Gasteiger partial charge on any atom is 0.269 e. The lowest BCUT2D eigenvalue weighted by molar-refractivity contribution is 0.0682. The molecule has 190 valence electrons. The minimum atomic E-state index is -1.17. The van der Waals surface area contributed by atoms with Crippen molar-refractivity contribution in [3.05, 3.63) is 91.5 Å². The highest BCUT2D eigenvalue weighted by Gasteiger charge is 2.30. The van der Waals surface area contributed by atoms with Gasteiger partial charge in [0.2, 0.25) is 0 Å². The number of aromatic nitrogens is 4. The van der Waals surface area contributed by atoms with Crippen LogP contribution < -0.4 is 15.6 Å². The second kappa shape index (κ2) is 10.1. The van der Waals surface area contributed by atoms with Gasteiger partial charge in [-0.25, -0.2) is 14.4 Å². The second-order valence-electron chi connectivity index (χ2n) is 9.57. The summed E-state index contributed by atoms with van der Waals surface area (Å²) in [6.45, 7) is 8.99. The van der Waals surface area contributed by atoms with Gasteiger partial charge < -0.3 is 19.7 Å². The predicted octanol–water partition coefficient (Wildman–Crippen LogP) is 4.54. The number of pyridine rings is 2. The maximum atomic E-state index is 14.0. The fourth-order valence-electron chi connectivity index (χ4n) is 4.27. The van der Waals surface area contributed by atoms with Crippen molar-refractivity contribution >= 4 is 15.9 Å². The van der Waals surface area contributed by atoms with Crippen molar-refractivity contribution < 1.29 is 14.2 Å². The molecule has 2 N–H and O–H groups in total. The lowest BCUT2D eigenvalue weighted by atomic mass is 9.93. The van der Waals surface area contributed by atoms with Crippen LogP contribution in [0.15, 0.2) is 51.8 Å². The summed E-state index contributed by atoms with van der Waals surface area (Å²) in [5.41, 5.74) is 2.25. The van der Waals surface area contributed by atoms with Gasteiger partial charge in [-0.3, -0.25) is 9.78 Å². The molecule has 0 aromatic carbocycles. The third kappa shape index (κ3) is 5.19. The van der Waals surface area contributed by atoms with Crippen molar-refractivity contribution in [3.63, 3.8) is 0 Å². The molecule has 0 unspecified atom stereocenters. The Morgan fingerprint density at radius 1 is 1.31 bits per heavy atom. The summed E-state index contributed by atoms with van der Waals surface area (Å²) in [7, 11) is 0. The van der Waals surface area contributed by atoms with Gasteiger partial charge >= 0.3 is 0 Å². The zero-order chi connectivity index (χ0) is 26.2. The molecule has 0 saturated carbocycles. The Bertz CT molecular complexity index is 1380. The first-order chi connectivity index (χ1) is 17.0. The van der Waals surface area contributed by atoms with Crippen LogP contribution in [0.1, 0.15) is 67.6 Å². The Labute approximate surface area is 217 Å². The molecule has 1 aliphatic heterocycles. The summed E-state index contributed by atoms with van der Waals surface area (Å²) in [5, 5.41) is 13.8. The molecule has 0 aliphatic carbocycles. The second-order valence-corrected chi connectivity index (χ2v) is 10.4. The van der Waals surface area contributed by atoms with Gasteiger partial charge in [0.25, 0.3) is 5.56 Å². The zero-order valence-corrected chi connectivity index (χ0v) is 22.4. The number of nitrogens with zero attached hydrogens (tertiary/aromatic N) is 4. The first-order valence-electron chi connectivity index (χ1n) is 11.6. The van der Waals surface area contributed by atoms with E-state index in [9.17, 15) is 14.3 Å². The topological polar surface area (TPSA) is 102 Å². The molecule has 0 radical (unpaired) electrons. The van der Waals surface area contributed by atoms with Crippen molar-refractivity contribution in [2.75, 3.05) is 0 Å². The van der Waals surface area contributed by atoms with E-state index < -0.39 is 11.4 Å². The molecule has 0 saturated heterocycles. The highest BCUT2D eigenvalue weighted by atomic mass is 79.9. The number of allylic oxidation sites excluding steroid dienone is 1. The molecular formula is C26H29BrFN5O3. The number of aryl methyl sites for hydroxylation is 2. The van der Waals surface area contributed by atoms with Crippen molar-refractivity contribution in [2.45, 2.75) is 65.3 Å². The SMILES string of the molecule is CC1=CN[C@@H](c2nc(C(C)(C)O)ncc2C)C[C@H]1n1c(C)cc(OCc2cnccc2F)c(Br)c1=O. The first kappa shape index (κ1) is 26.0. The Hall–Kier alpha value is -3.11. The van der Waals surface area contributed by atoms with Gasteiger partial charge in [0.15, 0.2) is 5.82 Å². The van der Waals surface area contributed by atoms with E-state index in [1.165, 1.54) is 18.5 Å². The summed E-state index contributed by atoms with van der Waals surface area (Å²) >= 11 is 3.40. The smallest absolute Gasteiger partial charge is 0.269 e. The largest absolute Gasteiger partial charge is 0.487 e. The monoisotopic (exact) mass is 557 g/mol. The van der Waals surface area contributed by atoms with Crippen LogP contribution in [0, 0.1) is 19.7 Å². The van der Waals surface area contributed by atoms with Gasteiger partial charge in [-0.15, -0.1) is 0 Å². The molecule has 8 nitrogen and oxygen atoms in total. The third-order valence-corrected chi connectivity index (χ3v) is 7.00. The molecule has 0 amide bonds. The minimum absolute atomic E-state index is 0.0496. The van der Waals surface area contributed by atoms with Gasteiger partial charge in [-0.1, -0.05) is 0 Å². The number of aliphatic hydroxyl groups is 1. The summed E-state index contributed by atoms with van der Waals surface area (Å²) in [6.07, 6.45) is 6.96. The summed E-state index contributed by atoms with van der Waals surface area (Å²) in [6, 6.07) is 2.62.